The molecule has 0 saturated carbocycles. The Morgan fingerprint density at radius 1 is 1.07 bits per heavy atom. The van der Waals surface area contributed by atoms with Crippen molar-refractivity contribution in [2.75, 3.05) is 13.1 Å². The molecule has 3 amide bonds. The van der Waals surface area contributed by atoms with Crippen molar-refractivity contribution in [1.82, 2.24) is 15.1 Å². The van der Waals surface area contributed by atoms with Gasteiger partial charge in [0.05, 0.1) is 0 Å². The number of piperidine rings is 1. The smallest absolute Gasteiger partial charge is 0.407 e. The molecule has 2 aliphatic rings. The van der Waals surface area contributed by atoms with Gasteiger partial charge < -0.3 is 30.5 Å². The molecule has 2 aromatic rings. The molecule has 2 aromatic carbocycles. The van der Waals surface area contributed by atoms with Gasteiger partial charge in [0.1, 0.15) is 24.0 Å². The van der Waals surface area contributed by atoms with Crippen molar-refractivity contribution in [2.45, 2.75) is 83.8 Å². The quantitative estimate of drug-likeness (QED) is 0.366. The lowest BCUT2D eigenvalue weighted by atomic mass is 10.0. The van der Waals surface area contributed by atoms with E-state index in [4.69, 9.17) is 20.3 Å². The molecule has 11 nitrogen and oxygen atoms in total. The van der Waals surface area contributed by atoms with Crippen LogP contribution in [0.1, 0.15) is 73.5 Å². The maximum absolute atomic E-state index is 12.9. The summed E-state index contributed by atoms with van der Waals surface area (Å²) >= 11 is 0. The summed E-state index contributed by atoms with van der Waals surface area (Å²) in [6, 6.07) is 12.5. The van der Waals surface area contributed by atoms with Gasteiger partial charge in [0.15, 0.2) is 0 Å². The first-order valence-electron chi connectivity index (χ1n) is 14.3. The molecule has 11 heteroatoms. The number of benzene rings is 2. The van der Waals surface area contributed by atoms with Crippen LogP contribution in [-0.4, -0.2) is 69.6 Å². The second-order valence-electron chi connectivity index (χ2n) is 11.9. The number of hydrogen-bond donors (Lipinski definition) is 3. The second-order valence-corrected chi connectivity index (χ2v) is 11.9. The van der Waals surface area contributed by atoms with E-state index in [1.807, 2.05) is 32.9 Å². The third kappa shape index (κ3) is 8.45. The van der Waals surface area contributed by atoms with Crippen LogP contribution in [0.25, 0.3) is 0 Å². The van der Waals surface area contributed by atoms with Crippen LogP contribution < -0.4 is 15.8 Å². The maximum atomic E-state index is 12.9. The minimum absolute atomic E-state index is 0.0344. The van der Waals surface area contributed by atoms with Crippen molar-refractivity contribution < 1.29 is 33.8 Å². The summed E-state index contributed by atoms with van der Waals surface area (Å²) in [5.74, 6) is -1.53. The topological polar surface area (TPSA) is 152 Å². The van der Waals surface area contributed by atoms with Gasteiger partial charge in [-0.3, -0.25) is 19.3 Å². The van der Waals surface area contributed by atoms with Gasteiger partial charge in [-0.15, -0.1) is 0 Å². The number of fused-ring (bicyclic) bond motifs is 1. The number of carbonyl (C=O) groups excluding carboxylic acids is 3. The fourth-order valence-corrected chi connectivity index (χ4v) is 5.25. The number of carbonyl (C=O) groups is 4. The number of primary amides is 1. The predicted octanol–water partition coefficient (Wildman–Crippen LogP) is 3.43. The molecule has 1 fully saturated rings. The predicted molar refractivity (Wildman–Crippen MR) is 155 cm³/mol. The average Bonchev–Trinajstić information content (AvgIpc) is 3.23. The van der Waals surface area contributed by atoms with Gasteiger partial charge in [0.25, 0.3) is 5.91 Å². The molecule has 0 radical (unpaired) electrons. The Morgan fingerprint density at radius 2 is 1.74 bits per heavy atom. The fraction of sp³-hybridized carbons (Fsp3) is 0.484. The van der Waals surface area contributed by atoms with E-state index in [1.165, 1.54) is 10.5 Å². The van der Waals surface area contributed by atoms with E-state index in [-0.39, 0.29) is 37.4 Å². The average molecular weight is 581 g/mol. The SMILES string of the molecule is CC(C)(C)OC(=O)NC1CCN(Cc2ccc(COc3ccc4c(c3)CN(C(CCC(=O)O)C(N)=O)C4=O)cc2)CC1. The zero-order valence-corrected chi connectivity index (χ0v) is 24.4. The molecule has 1 unspecified atom stereocenters. The molecular weight excluding hydrogens is 540 g/mol. The third-order valence-corrected chi connectivity index (χ3v) is 7.39. The van der Waals surface area contributed by atoms with Gasteiger partial charge in [0.2, 0.25) is 5.91 Å². The first-order chi connectivity index (χ1) is 19.9. The number of hydrogen-bond acceptors (Lipinski definition) is 7. The zero-order chi connectivity index (χ0) is 30.4. The normalized spacial score (nSPS) is 16.5. The highest BCUT2D eigenvalue weighted by Crippen LogP contribution is 2.30. The van der Waals surface area contributed by atoms with Crippen molar-refractivity contribution in [1.29, 1.82) is 0 Å². The van der Waals surface area contributed by atoms with E-state index < -0.39 is 23.5 Å². The van der Waals surface area contributed by atoms with E-state index in [0.717, 1.165) is 38.0 Å². The van der Waals surface area contributed by atoms with Crippen LogP contribution in [0.5, 0.6) is 5.75 Å². The van der Waals surface area contributed by atoms with Crippen LogP contribution in [-0.2, 0) is 34.0 Å². The summed E-state index contributed by atoms with van der Waals surface area (Å²) in [4.78, 5) is 51.5. The zero-order valence-electron chi connectivity index (χ0n) is 24.4. The van der Waals surface area contributed by atoms with Gasteiger partial charge >= 0.3 is 12.1 Å². The highest BCUT2D eigenvalue weighted by Gasteiger charge is 2.35. The molecule has 0 aromatic heterocycles. The van der Waals surface area contributed by atoms with Gasteiger partial charge in [-0.25, -0.2) is 4.79 Å². The van der Waals surface area contributed by atoms with E-state index in [9.17, 15) is 19.2 Å². The summed E-state index contributed by atoms with van der Waals surface area (Å²) in [7, 11) is 0. The summed E-state index contributed by atoms with van der Waals surface area (Å²) in [5.41, 5.74) is 8.32. The molecule has 0 bridgehead atoms. The van der Waals surface area contributed by atoms with Crippen LogP contribution in [0, 0.1) is 0 Å². The number of aliphatic carboxylic acids is 1. The van der Waals surface area contributed by atoms with Gasteiger partial charge in [-0.1, -0.05) is 24.3 Å². The molecule has 226 valence electrons. The van der Waals surface area contributed by atoms with Gasteiger partial charge in [-0.2, -0.15) is 0 Å². The lowest BCUT2D eigenvalue weighted by Crippen LogP contribution is -2.45. The number of rotatable bonds is 11. The molecular formula is C31H40N4O7. The molecule has 2 aliphatic heterocycles. The minimum atomic E-state index is -1.05. The van der Waals surface area contributed by atoms with E-state index in [1.54, 1.807) is 18.2 Å². The van der Waals surface area contributed by atoms with Crippen molar-refractivity contribution in [3.05, 3.63) is 64.7 Å². The number of carboxylic acid groups (broad SMARTS) is 1. The number of amides is 3. The molecule has 1 atom stereocenters. The highest BCUT2D eigenvalue weighted by molar-refractivity contribution is 6.01. The van der Waals surface area contributed by atoms with Crippen LogP contribution in [0.15, 0.2) is 42.5 Å². The highest BCUT2D eigenvalue weighted by atomic mass is 16.6. The summed E-state index contributed by atoms with van der Waals surface area (Å²) in [5, 5.41) is 11.9. The summed E-state index contributed by atoms with van der Waals surface area (Å²) < 4.78 is 11.3. The molecule has 0 spiro atoms. The number of nitrogens with two attached hydrogens (primary N) is 1. The standard InChI is InChI=1S/C31H40N4O7/c1-31(2,3)42-30(40)33-23-12-14-34(15-13-23)17-20-4-6-21(7-5-20)19-41-24-8-9-25-22(16-24)18-35(29(25)39)26(28(32)38)10-11-27(36)37/h4-9,16,23,26H,10-15,17-19H2,1-3H3,(H2,32,38)(H,33,40)(H,36,37). The molecule has 4 rings (SSSR count). The molecule has 1 saturated heterocycles. The Morgan fingerprint density at radius 3 is 2.36 bits per heavy atom. The first kappa shape index (κ1) is 30.8. The number of nitrogens with one attached hydrogen (secondary N) is 1. The lowest BCUT2D eigenvalue weighted by Gasteiger charge is -2.32. The Balaban J connectivity index is 1.24. The van der Waals surface area contributed by atoms with E-state index in [0.29, 0.717) is 23.5 Å². The van der Waals surface area contributed by atoms with Crippen LogP contribution >= 0.6 is 0 Å². The first-order valence-corrected chi connectivity index (χ1v) is 14.3. The van der Waals surface area contributed by atoms with Gasteiger partial charge in [-0.05, 0) is 74.9 Å². The maximum Gasteiger partial charge on any atom is 0.407 e. The Kier molecular flexibility index (Phi) is 9.72. The number of alkyl carbamates (subject to hydrolysis) is 1. The second kappa shape index (κ2) is 13.2. The largest absolute Gasteiger partial charge is 0.489 e. The molecule has 2 heterocycles. The lowest BCUT2D eigenvalue weighted by molar-refractivity contribution is -0.137. The minimum Gasteiger partial charge on any atom is -0.489 e. The van der Waals surface area contributed by atoms with E-state index >= 15 is 0 Å². The number of nitrogens with zero attached hydrogens (tertiary/aromatic N) is 2. The third-order valence-electron chi connectivity index (χ3n) is 7.39. The fourth-order valence-electron chi connectivity index (χ4n) is 5.25. The van der Waals surface area contributed by atoms with Crippen LogP contribution in [0.3, 0.4) is 0 Å². The number of likely N-dealkylation sites (tertiary alicyclic amines) is 1. The van der Waals surface area contributed by atoms with Crippen LogP contribution in [0.2, 0.25) is 0 Å². The van der Waals surface area contributed by atoms with Crippen LogP contribution in [0.4, 0.5) is 4.79 Å². The summed E-state index contributed by atoms with van der Waals surface area (Å²) in [6.07, 6.45) is 1.10. The Bertz CT molecular complexity index is 1300. The Labute approximate surface area is 245 Å². The van der Waals surface area contributed by atoms with Gasteiger partial charge in [0, 0.05) is 44.2 Å². The summed E-state index contributed by atoms with van der Waals surface area (Å²) in [6.45, 7) is 8.70. The molecule has 42 heavy (non-hydrogen) atoms. The Hall–Kier alpha value is -4.12. The number of carboxylic acids is 1. The van der Waals surface area contributed by atoms with Crippen molar-refractivity contribution >= 4 is 23.9 Å². The number of ether oxygens (including phenoxy) is 2. The van der Waals surface area contributed by atoms with Crippen molar-refractivity contribution in [3.63, 3.8) is 0 Å². The monoisotopic (exact) mass is 580 g/mol. The van der Waals surface area contributed by atoms with Crippen molar-refractivity contribution in [3.8, 4) is 5.75 Å². The van der Waals surface area contributed by atoms with Crippen molar-refractivity contribution in [2.24, 2.45) is 5.73 Å². The van der Waals surface area contributed by atoms with E-state index in [2.05, 4.69) is 22.3 Å². The molecule has 4 N–H and O–H groups in total. The molecule has 0 aliphatic carbocycles.